The van der Waals surface area contributed by atoms with Crippen molar-refractivity contribution >= 4 is 0 Å². The molecular formula is C16H15N3. The lowest BCUT2D eigenvalue weighted by molar-refractivity contribution is 0.521. The molecule has 0 bridgehead atoms. The topological polar surface area (TPSA) is 48.7 Å². The van der Waals surface area contributed by atoms with E-state index in [-0.39, 0.29) is 0 Å². The first kappa shape index (κ1) is 11.9. The number of aryl methyl sites for hydroxylation is 1. The Kier molecular flexibility index (Phi) is 3.26. The summed E-state index contributed by atoms with van der Waals surface area (Å²) in [5.41, 5.74) is 4.39. The first-order valence-corrected chi connectivity index (χ1v) is 6.53. The maximum atomic E-state index is 8.89. The van der Waals surface area contributed by atoms with E-state index in [4.69, 9.17) is 5.26 Å². The molecule has 0 spiro atoms. The fraction of sp³-hybridized carbons (Fsp3) is 0.250. The molecule has 1 aromatic carbocycles. The Bertz CT molecular complexity index is 628. The van der Waals surface area contributed by atoms with Crippen molar-refractivity contribution in [3.05, 3.63) is 65.0 Å². The first-order valence-electron chi connectivity index (χ1n) is 6.53. The fourth-order valence-corrected chi connectivity index (χ4v) is 2.60. The maximum absolute atomic E-state index is 8.89. The van der Waals surface area contributed by atoms with Gasteiger partial charge in [-0.1, -0.05) is 18.2 Å². The van der Waals surface area contributed by atoms with Gasteiger partial charge in [0.05, 0.1) is 23.4 Å². The van der Waals surface area contributed by atoms with Crippen LogP contribution in [0.5, 0.6) is 0 Å². The molecule has 0 radical (unpaired) electrons. The van der Waals surface area contributed by atoms with E-state index in [0.717, 1.165) is 24.9 Å². The minimum atomic E-state index is 0.335. The third-order valence-corrected chi connectivity index (χ3v) is 3.57. The predicted octanol–water partition coefficient (Wildman–Crippen LogP) is 2.73. The van der Waals surface area contributed by atoms with Crippen LogP contribution in [0.2, 0.25) is 0 Å². The normalized spacial score (nSPS) is 16.9. The summed E-state index contributed by atoms with van der Waals surface area (Å²) < 4.78 is 0. The molecule has 1 aromatic heterocycles. The van der Waals surface area contributed by atoms with Crippen molar-refractivity contribution in [2.75, 3.05) is 0 Å². The molecule has 1 heterocycles. The summed E-state index contributed by atoms with van der Waals surface area (Å²) in [5.74, 6) is 0. The van der Waals surface area contributed by atoms with Crippen LogP contribution in [0, 0.1) is 11.3 Å². The highest BCUT2D eigenvalue weighted by Gasteiger charge is 2.22. The van der Waals surface area contributed by atoms with Gasteiger partial charge in [-0.25, -0.2) is 0 Å². The van der Waals surface area contributed by atoms with Crippen molar-refractivity contribution in [2.45, 2.75) is 25.4 Å². The number of hydrogen-bond donors (Lipinski definition) is 1. The molecule has 19 heavy (non-hydrogen) atoms. The number of aromatic nitrogens is 1. The number of nitriles is 1. The second kappa shape index (κ2) is 5.21. The van der Waals surface area contributed by atoms with Gasteiger partial charge in [0, 0.05) is 12.7 Å². The molecule has 0 saturated carbocycles. The van der Waals surface area contributed by atoms with Crippen LogP contribution in [0.3, 0.4) is 0 Å². The average molecular weight is 249 g/mol. The third-order valence-electron chi connectivity index (χ3n) is 3.57. The Morgan fingerprint density at radius 2 is 2.26 bits per heavy atom. The first-order chi connectivity index (χ1) is 9.36. The molecule has 94 valence electrons. The number of rotatable bonds is 3. The molecular weight excluding hydrogens is 234 g/mol. The standard InChI is InChI=1S/C16H15N3/c17-10-12-3-1-4-13(9-12)11-19-15-7-6-14-5-2-8-18-16(14)15/h1-5,8-9,15,19H,6-7,11H2. The Balaban J connectivity index is 1.69. The van der Waals surface area contributed by atoms with Gasteiger partial charge in [-0.3, -0.25) is 4.98 Å². The van der Waals surface area contributed by atoms with Crippen molar-refractivity contribution in [1.82, 2.24) is 10.3 Å². The molecule has 3 heteroatoms. The number of pyridine rings is 1. The monoisotopic (exact) mass is 249 g/mol. The van der Waals surface area contributed by atoms with Gasteiger partial charge in [0.2, 0.25) is 0 Å². The summed E-state index contributed by atoms with van der Waals surface area (Å²) in [6.45, 7) is 0.774. The van der Waals surface area contributed by atoms with Gasteiger partial charge in [0.1, 0.15) is 0 Å². The lowest BCUT2D eigenvalue weighted by atomic mass is 10.1. The van der Waals surface area contributed by atoms with E-state index in [1.165, 1.54) is 11.3 Å². The van der Waals surface area contributed by atoms with E-state index in [0.29, 0.717) is 11.6 Å². The minimum absolute atomic E-state index is 0.335. The molecule has 1 N–H and O–H groups in total. The molecule has 3 rings (SSSR count). The van der Waals surface area contributed by atoms with Gasteiger partial charge in [0.25, 0.3) is 0 Å². The van der Waals surface area contributed by atoms with Crippen molar-refractivity contribution in [2.24, 2.45) is 0 Å². The van der Waals surface area contributed by atoms with Crippen LogP contribution in [0.15, 0.2) is 42.6 Å². The lowest BCUT2D eigenvalue weighted by Gasteiger charge is -2.13. The zero-order valence-corrected chi connectivity index (χ0v) is 10.6. The summed E-state index contributed by atoms with van der Waals surface area (Å²) in [6.07, 6.45) is 4.05. The van der Waals surface area contributed by atoms with Gasteiger partial charge >= 0.3 is 0 Å². The summed E-state index contributed by atoms with van der Waals surface area (Å²) in [4.78, 5) is 4.47. The second-order valence-electron chi connectivity index (χ2n) is 4.83. The fourth-order valence-electron chi connectivity index (χ4n) is 2.60. The van der Waals surface area contributed by atoms with Crippen LogP contribution >= 0.6 is 0 Å². The predicted molar refractivity (Wildman–Crippen MR) is 73.3 cm³/mol. The van der Waals surface area contributed by atoms with E-state index in [2.05, 4.69) is 22.4 Å². The molecule has 0 fully saturated rings. The lowest BCUT2D eigenvalue weighted by Crippen LogP contribution is -2.19. The number of nitrogens with zero attached hydrogens (tertiary/aromatic N) is 2. The molecule has 1 aliphatic carbocycles. The van der Waals surface area contributed by atoms with Gasteiger partial charge < -0.3 is 5.32 Å². The average Bonchev–Trinajstić information content (AvgIpc) is 2.89. The molecule has 0 saturated heterocycles. The van der Waals surface area contributed by atoms with E-state index in [9.17, 15) is 0 Å². The molecule has 3 nitrogen and oxygen atoms in total. The van der Waals surface area contributed by atoms with Gasteiger partial charge in [-0.05, 0) is 42.2 Å². The molecule has 1 aliphatic rings. The SMILES string of the molecule is N#Cc1cccc(CNC2CCc3cccnc32)c1. The van der Waals surface area contributed by atoms with Crippen molar-refractivity contribution in [1.29, 1.82) is 5.26 Å². The van der Waals surface area contributed by atoms with Crippen LogP contribution in [-0.4, -0.2) is 4.98 Å². The largest absolute Gasteiger partial charge is 0.304 e. The molecule has 1 atom stereocenters. The highest BCUT2D eigenvalue weighted by atomic mass is 14.9. The number of benzene rings is 1. The number of nitrogens with one attached hydrogen (secondary N) is 1. The second-order valence-corrected chi connectivity index (χ2v) is 4.83. The zero-order valence-electron chi connectivity index (χ0n) is 10.6. The third kappa shape index (κ3) is 2.49. The number of fused-ring (bicyclic) bond motifs is 1. The highest BCUT2D eigenvalue weighted by Crippen LogP contribution is 2.28. The highest BCUT2D eigenvalue weighted by molar-refractivity contribution is 5.33. The Hall–Kier alpha value is -2.18. The molecule has 2 aromatic rings. The van der Waals surface area contributed by atoms with Crippen molar-refractivity contribution in [3.8, 4) is 6.07 Å². The van der Waals surface area contributed by atoms with Crippen LogP contribution in [0.25, 0.3) is 0 Å². The van der Waals surface area contributed by atoms with Crippen LogP contribution in [0.4, 0.5) is 0 Å². The summed E-state index contributed by atoms with van der Waals surface area (Å²) in [5, 5.41) is 12.4. The summed E-state index contributed by atoms with van der Waals surface area (Å²) >= 11 is 0. The van der Waals surface area contributed by atoms with E-state index in [1.54, 1.807) is 0 Å². The molecule has 0 aliphatic heterocycles. The maximum Gasteiger partial charge on any atom is 0.0991 e. The number of hydrogen-bond acceptors (Lipinski definition) is 3. The Labute approximate surface area is 112 Å². The van der Waals surface area contributed by atoms with Crippen LogP contribution in [0.1, 0.15) is 34.8 Å². The van der Waals surface area contributed by atoms with Crippen LogP contribution in [-0.2, 0) is 13.0 Å². The van der Waals surface area contributed by atoms with Crippen molar-refractivity contribution in [3.63, 3.8) is 0 Å². The van der Waals surface area contributed by atoms with E-state index in [1.807, 2.05) is 36.5 Å². The molecule has 0 amide bonds. The Morgan fingerprint density at radius 1 is 1.32 bits per heavy atom. The summed E-state index contributed by atoms with van der Waals surface area (Å²) in [6, 6.07) is 14.4. The minimum Gasteiger partial charge on any atom is -0.304 e. The van der Waals surface area contributed by atoms with Gasteiger partial charge in [-0.15, -0.1) is 0 Å². The smallest absolute Gasteiger partial charge is 0.0991 e. The van der Waals surface area contributed by atoms with E-state index < -0.39 is 0 Å². The van der Waals surface area contributed by atoms with Gasteiger partial charge in [0.15, 0.2) is 0 Å². The van der Waals surface area contributed by atoms with Crippen LogP contribution < -0.4 is 5.32 Å². The zero-order chi connectivity index (χ0) is 13.1. The van der Waals surface area contributed by atoms with Gasteiger partial charge in [-0.2, -0.15) is 5.26 Å². The summed E-state index contributed by atoms with van der Waals surface area (Å²) in [7, 11) is 0. The van der Waals surface area contributed by atoms with E-state index >= 15 is 0 Å². The molecule has 1 unspecified atom stereocenters. The van der Waals surface area contributed by atoms with Crippen molar-refractivity contribution < 1.29 is 0 Å². The quantitative estimate of drug-likeness (QED) is 0.910. The Morgan fingerprint density at radius 3 is 3.16 bits per heavy atom.